The van der Waals surface area contributed by atoms with Crippen LogP contribution in [-0.2, 0) is 16.0 Å². The monoisotopic (exact) mass is 343 g/mol. The molecule has 2 heterocycles. The molecule has 0 bridgehead atoms. The first kappa shape index (κ1) is 17.5. The topological polar surface area (TPSA) is 85.4 Å². The molecule has 1 aliphatic rings. The van der Waals surface area contributed by atoms with Gasteiger partial charge in [0.2, 0.25) is 11.8 Å². The molecule has 6 nitrogen and oxygen atoms in total. The lowest BCUT2D eigenvalue weighted by molar-refractivity contribution is -0.131. The molecule has 0 radical (unpaired) electrons. The van der Waals surface area contributed by atoms with Gasteiger partial charge >= 0.3 is 0 Å². The van der Waals surface area contributed by atoms with Crippen molar-refractivity contribution in [3.05, 3.63) is 36.0 Å². The summed E-state index contributed by atoms with van der Waals surface area (Å²) in [6, 6.07) is 7.80. The van der Waals surface area contributed by atoms with E-state index in [0.717, 1.165) is 16.5 Å². The van der Waals surface area contributed by atoms with Crippen LogP contribution in [0, 0.1) is 0 Å². The van der Waals surface area contributed by atoms with Crippen molar-refractivity contribution in [1.29, 1.82) is 0 Å². The van der Waals surface area contributed by atoms with Gasteiger partial charge in [-0.15, -0.1) is 0 Å². The van der Waals surface area contributed by atoms with Gasteiger partial charge in [0.1, 0.15) is 0 Å². The Hall–Kier alpha value is -2.34. The van der Waals surface area contributed by atoms with Crippen LogP contribution in [0.5, 0.6) is 0 Å². The van der Waals surface area contributed by atoms with Crippen molar-refractivity contribution in [3.63, 3.8) is 0 Å². The number of para-hydroxylation sites is 1. The van der Waals surface area contributed by atoms with Crippen molar-refractivity contribution in [1.82, 2.24) is 15.2 Å². The Labute approximate surface area is 147 Å². The molecule has 0 spiro atoms. The Morgan fingerprint density at radius 3 is 2.84 bits per heavy atom. The SMILES string of the molecule is CC(=O)N[C@H]1CCN(C(=O)CCc2c[nH]c3ccccc23)CC[C@@H]1O. The average Bonchev–Trinajstić information content (AvgIpc) is 2.92. The molecule has 1 aromatic heterocycles. The number of nitrogens with one attached hydrogen (secondary N) is 2. The fraction of sp³-hybridized carbons (Fsp3) is 0.474. The van der Waals surface area contributed by atoms with E-state index in [1.54, 1.807) is 4.90 Å². The number of carbonyl (C=O) groups excluding carboxylic acids is 2. The Bertz CT molecular complexity index is 755. The van der Waals surface area contributed by atoms with E-state index in [2.05, 4.69) is 16.4 Å². The maximum atomic E-state index is 12.6. The van der Waals surface area contributed by atoms with E-state index in [-0.39, 0.29) is 17.9 Å². The van der Waals surface area contributed by atoms with Gasteiger partial charge in [0.05, 0.1) is 12.1 Å². The van der Waals surface area contributed by atoms with Crippen molar-refractivity contribution < 1.29 is 14.7 Å². The molecule has 1 aromatic carbocycles. The number of fused-ring (bicyclic) bond motifs is 1. The number of carbonyl (C=O) groups is 2. The van der Waals surface area contributed by atoms with Crippen LogP contribution in [0.4, 0.5) is 0 Å². The molecule has 0 unspecified atom stereocenters. The second-order valence-corrected chi connectivity index (χ2v) is 6.69. The minimum atomic E-state index is -0.602. The van der Waals surface area contributed by atoms with E-state index in [9.17, 15) is 14.7 Å². The third-order valence-corrected chi connectivity index (χ3v) is 4.89. The van der Waals surface area contributed by atoms with Gasteiger partial charge in [0, 0.05) is 43.5 Å². The predicted octanol–water partition coefficient (Wildman–Crippen LogP) is 1.59. The molecular formula is C19H25N3O3. The molecule has 25 heavy (non-hydrogen) atoms. The summed E-state index contributed by atoms with van der Waals surface area (Å²) in [5, 5.41) is 14.1. The van der Waals surface area contributed by atoms with E-state index in [4.69, 9.17) is 0 Å². The van der Waals surface area contributed by atoms with Crippen molar-refractivity contribution in [2.45, 2.75) is 44.8 Å². The normalized spacial score (nSPS) is 21.1. The Kier molecular flexibility index (Phi) is 5.38. The van der Waals surface area contributed by atoms with Crippen LogP contribution in [0.3, 0.4) is 0 Å². The molecule has 0 saturated carbocycles. The predicted molar refractivity (Wildman–Crippen MR) is 96.0 cm³/mol. The Balaban J connectivity index is 1.57. The third kappa shape index (κ3) is 4.20. The van der Waals surface area contributed by atoms with Crippen LogP contribution in [0.15, 0.2) is 30.5 Å². The van der Waals surface area contributed by atoms with Crippen molar-refractivity contribution in [2.24, 2.45) is 0 Å². The molecule has 6 heteroatoms. The molecule has 1 fully saturated rings. The van der Waals surface area contributed by atoms with Gasteiger partial charge in [0.25, 0.3) is 0 Å². The van der Waals surface area contributed by atoms with Crippen LogP contribution in [0.25, 0.3) is 10.9 Å². The van der Waals surface area contributed by atoms with Gasteiger partial charge in [0.15, 0.2) is 0 Å². The number of aromatic amines is 1. The number of aliphatic hydroxyl groups excluding tert-OH is 1. The van der Waals surface area contributed by atoms with Gasteiger partial charge in [-0.05, 0) is 30.9 Å². The molecule has 2 aromatic rings. The van der Waals surface area contributed by atoms with Crippen molar-refractivity contribution in [2.75, 3.05) is 13.1 Å². The molecule has 3 N–H and O–H groups in total. The Morgan fingerprint density at radius 2 is 2.04 bits per heavy atom. The molecular weight excluding hydrogens is 318 g/mol. The fourth-order valence-corrected chi connectivity index (χ4v) is 3.51. The summed E-state index contributed by atoms with van der Waals surface area (Å²) >= 11 is 0. The quantitative estimate of drug-likeness (QED) is 0.788. The minimum absolute atomic E-state index is 0.0981. The Morgan fingerprint density at radius 1 is 1.28 bits per heavy atom. The summed E-state index contributed by atoms with van der Waals surface area (Å²) in [6.07, 6.45) is 3.58. The molecule has 1 aliphatic heterocycles. The highest BCUT2D eigenvalue weighted by molar-refractivity contribution is 5.84. The number of hydrogen-bond donors (Lipinski definition) is 3. The van der Waals surface area contributed by atoms with E-state index < -0.39 is 6.10 Å². The van der Waals surface area contributed by atoms with Crippen LogP contribution < -0.4 is 5.32 Å². The molecule has 2 atom stereocenters. The fourth-order valence-electron chi connectivity index (χ4n) is 3.51. The number of benzene rings is 1. The first-order valence-corrected chi connectivity index (χ1v) is 8.82. The number of hydrogen-bond acceptors (Lipinski definition) is 3. The summed E-state index contributed by atoms with van der Waals surface area (Å²) in [6.45, 7) is 2.54. The second-order valence-electron chi connectivity index (χ2n) is 6.69. The zero-order valence-electron chi connectivity index (χ0n) is 14.5. The number of aliphatic hydroxyl groups is 1. The summed E-state index contributed by atoms with van der Waals surface area (Å²) in [7, 11) is 0. The lowest BCUT2D eigenvalue weighted by Gasteiger charge is -2.21. The lowest BCUT2D eigenvalue weighted by atomic mass is 10.1. The maximum Gasteiger partial charge on any atom is 0.222 e. The highest BCUT2D eigenvalue weighted by Gasteiger charge is 2.27. The van der Waals surface area contributed by atoms with Gasteiger partial charge in [-0.25, -0.2) is 0 Å². The van der Waals surface area contributed by atoms with E-state index >= 15 is 0 Å². The summed E-state index contributed by atoms with van der Waals surface area (Å²) in [5.41, 5.74) is 2.23. The van der Waals surface area contributed by atoms with Gasteiger partial charge < -0.3 is 20.3 Å². The molecule has 0 aliphatic carbocycles. The van der Waals surface area contributed by atoms with Crippen molar-refractivity contribution >= 4 is 22.7 Å². The average molecular weight is 343 g/mol. The van der Waals surface area contributed by atoms with Gasteiger partial charge in [-0.1, -0.05) is 18.2 Å². The maximum absolute atomic E-state index is 12.6. The molecule has 134 valence electrons. The second kappa shape index (κ2) is 7.70. The first-order chi connectivity index (χ1) is 12.0. The van der Waals surface area contributed by atoms with Crippen LogP contribution in [0.1, 0.15) is 31.7 Å². The number of aromatic nitrogens is 1. The van der Waals surface area contributed by atoms with Crippen LogP contribution in [0.2, 0.25) is 0 Å². The largest absolute Gasteiger partial charge is 0.391 e. The zero-order valence-corrected chi connectivity index (χ0v) is 14.5. The lowest BCUT2D eigenvalue weighted by Crippen LogP contribution is -2.42. The number of amides is 2. The zero-order chi connectivity index (χ0) is 17.8. The highest BCUT2D eigenvalue weighted by atomic mass is 16.3. The molecule has 1 saturated heterocycles. The highest BCUT2D eigenvalue weighted by Crippen LogP contribution is 2.20. The molecule has 3 rings (SSSR count). The van der Waals surface area contributed by atoms with Crippen molar-refractivity contribution in [3.8, 4) is 0 Å². The number of nitrogens with zero attached hydrogens (tertiary/aromatic N) is 1. The number of rotatable bonds is 4. The molecule has 2 amide bonds. The summed E-state index contributed by atoms with van der Waals surface area (Å²) in [5.74, 6) is -0.0517. The minimum Gasteiger partial charge on any atom is -0.391 e. The smallest absolute Gasteiger partial charge is 0.222 e. The van der Waals surface area contributed by atoms with E-state index in [0.29, 0.717) is 38.8 Å². The number of H-pyrrole nitrogens is 1. The summed E-state index contributed by atoms with van der Waals surface area (Å²) < 4.78 is 0. The third-order valence-electron chi connectivity index (χ3n) is 4.89. The van der Waals surface area contributed by atoms with Crippen LogP contribution >= 0.6 is 0 Å². The van der Waals surface area contributed by atoms with Gasteiger partial charge in [-0.3, -0.25) is 9.59 Å². The van der Waals surface area contributed by atoms with Gasteiger partial charge in [-0.2, -0.15) is 0 Å². The standard InChI is InChI=1S/C19H25N3O3/c1-13(23)21-17-8-10-22(11-9-18(17)24)19(25)7-6-14-12-20-16-5-3-2-4-15(14)16/h2-5,12,17-18,20,24H,6-11H2,1H3,(H,21,23)/t17-,18-/m0/s1. The van der Waals surface area contributed by atoms with Crippen LogP contribution in [-0.4, -0.2) is 52.0 Å². The van der Waals surface area contributed by atoms with E-state index in [1.165, 1.54) is 6.92 Å². The number of aryl methyl sites for hydroxylation is 1. The van der Waals surface area contributed by atoms with E-state index in [1.807, 2.05) is 24.4 Å². The number of likely N-dealkylation sites (tertiary alicyclic amines) is 1. The first-order valence-electron chi connectivity index (χ1n) is 8.82. The summed E-state index contributed by atoms with van der Waals surface area (Å²) in [4.78, 5) is 28.8.